The molecule has 1 unspecified atom stereocenters. The first-order valence-corrected chi connectivity index (χ1v) is 6.98. The van der Waals surface area contributed by atoms with Gasteiger partial charge in [0.25, 0.3) is 0 Å². The van der Waals surface area contributed by atoms with Crippen molar-refractivity contribution in [3.63, 3.8) is 0 Å². The van der Waals surface area contributed by atoms with E-state index < -0.39 is 11.6 Å². The van der Waals surface area contributed by atoms with Crippen LogP contribution < -0.4 is 5.32 Å². The number of halogens is 2. The van der Waals surface area contributed by atoms with Gasteiger partial charge < -0.3 is 10.2 Å². The molecule has 1 aromatic carbocycles. The van der Waals surface area contributed by atoms with Gasteiger partial charge in [0.1, 0.15) is 0 Å². The van der Waals surface area contributed by atoms with E-state index >= 15 is 0 Å². The van der Waals surface area contributed by atoms with Crippen molar-refractivity contribution in [3.8, 4) is 0 Å². The van der Waals surface area contributed by atoms with Gasteiger partial charge in [-0.15, -0.1) is 0 Å². The zero-order valence-electron chi connectivity index (χ0n) is 11.5. The van der Waals surface area contributed by atoms with Crippen LogP contribution in [0, 0.1) is 17.6 Å². The highest BCUT2D eigenvalue weighted by molar-refractivity contribution is 5.18. The Morgan fingerprint density at radius 1 is 1.32 bits per heavy atom. The monoisotopic (exact) mass is 268 g/mol. The highest BCUT2D eigenvalue weighted by Crippen LogP contribution is 2.12. The van der Waals surface area contributed by atoms with Gasteiger partial charge in [-0.1, -0.05) is 6.07 Å². The SMILES string of the molecule is CN(CCc1ccc(F)c(F)c1)CC1CCCNC1. The van der Waals surface area contributed by atoms with E-state index in [1.165, 1.54) is 25.0 Å². The molecule has 0 bridgehead atoms. The van der Waals surface area contributed by atoms with E-state index in [4.69, 9.17) is 0 Å². The highest BCUT2D eigenvalue weighted by atomic mass is 19.2. The largest absolute Gasteiger partial charge is 0.316 e. The lowest BCUT2D eigenvalue weighted by molar-refractivity contribution is 0.245. The van der Waals surface area contributed by atoms with E-state index in [2.05, 4.69) is 17.3 Å². The fourth-order valence-electron chi connectivity index (χ4n) is 2.63. The van der Waals surface area contributed by atoms with Crippen LogP contribution in [-0.2, 0) is 6.42 Å². The summed E-state index contributed by atoms with van der Waals surface area (Å²) in [4.78, 5) is 2.28. The second-order valence-corrected chi connectivity index (χ2v) is 5.47. The van der Waals surface area contributed by atoms with Crippen molar-refractivity contribution < 1.29 is 8.78 Å². The van der Waals surface area contributed by atoms with Crippen LogP contribution in [0.4, 0.5) is 8.78 Å². The lowest BCUT2D eigenvalue weighted by Crippen LogP contribution is -2.37. The van der Waals surface area contributed by atoms with E-state index in [1.54, 1.807) is 6.07 Å². The number of rotatable bonds is 5. The van der Waals surface area contributed by atoms with E-state index in [9.17, 15) is 8.78 Å². The van der Waals surface area contributed by atoms with Crippen molar-refractivity contribution in [2.45, 2.75) is 19.3 Å². The molecule has 1 atom stereocenters. The van der Waals surface area contributed by atoms with E-state index in [-0.39, 0.29) is 0 Å². The predicted molar refractivity (Wildman–Crippen MR) is 73.2 cm³/mol. The summed E-state index contributed by atoms with van der Waals surface area (Å²) in [5.41, 5.74) is 0.854. The lowest BCUT2D eigenvalue weighted by atomic mass is 9.99. The summed E-state index contributed by atoms with van der Waals surface area (Å²) in [6, 6.07) is 4.16. The van der Waals surface area contributed by atoms with Gasteiger partial charge in [-0.05, 0) is 63.0 Å². The van der Waals surface area contributed by atoms with Crippen molar-refractivity contribution in [3.05, 3.63) is 35.4 Å². The maximum absolute atomic E-state index is 13.1. The Bertz CT molecular complexity index is 403. The van der Waals surface area contributed by atoms with Gasteiger partial charge >= 0.3 is 0 Å². The van der Waals surface area contributed by atoms with Gasteiger partial charge in [-0.3, -0.25) is 0 Å². The van der Waals surface area contributed by atoms with Gasteiger partial charge in [0.2, 0.25) is 0 Å². The molecule has 4 heteroatoms. The summed E-state index contributed by atoms with van der Waals surface area (Å²) >= 11 is 0. The fourth-order valence-corrected chi connectivity index (χ4v) is 2.63. The zero-order chi connectivity index (χ0) is 13.7. The molecule has 0 saturated carbocycles. The molecule has 1 heterocycles. The van der Waals surface area contributed by atoms with Crippen molar-refractivity contribution in [1.82, 2.24) is 10.2 Å². The molecule has 106 valence electrons. The molecule has 1 aromatic rings. The molecule has 0 aliphatic carbocycles. The third-order valence-corrected chi connectivity index (χ3v) is 3.74. The molecule has 0 aromatic heterocycles. The average Bonchev–Trinajstić information content (AvgIpc) is 2.41. The average molecular weight is 268 g/mol. The van der Waals surface area contributed by atoms with Crippen LogP contribution in [0.1, 0.15) is 18.4 Å². The minimum atomic E-state index is -0.773. The molecule has 19 heavy (non-hydrogen) atoms. The molecular weight excluding hydrogens is 246 g/mol. The first-order chi connectivity index (χ1) is 9.15. The first kappa shape index (κ1) is 14.4. The van der Waals surface area contributed by atoms with Gasteiger partial charge in [-0.25, -0.2) is 8.78 Å². The minimum absolute atomic E-state index is 0.712. The Balaban J connectivity index is 1.75. The molecule has 0 radical (unpaired) electrons. The molecule has 1 aliphatic heterocycles. The lowest BCUT2D eigenvalue weighted by Gasteiger charge is -2.27. The third-order valence-electron chi connectivity index (χ3n) is 3.74. The second-order valence-electron chi connectivity index (χ2n) is 5.47. The first-order valence-electron chi connectivity index (χ1n) is 6.98. The number of piperidine rings is 1. The standard InChI is InChI=1S/C15H22F2N2/c1-19(11-13-3-2-7-18-10-13)8-6-12-4-5-14(16)15(17)9-12/h4-5,9,13,18H,2-3,6-8,10-11H2,1H3. The van der Waals surface area contributed by atoms with Crippen LogP contribution in [0.5, 0.6) is 0 Å². The summed E-state index contributed by atoms with van der Waals surface area (Å²) in [6.45, 7) is 4.17. The Kier molecular flexibility index (Phi) is 5.28. The molecule has 2 rings (SSSR count). The number of hydrogen-bond donors (Lipinski definition) is 1. The summed E-state index contributed by atoms with van der Waals surface area (Å²) in [5.74, 6) is -0.814. The van der Waals surface area contributed by atoms with Crippen molar-refractivity contribution in [2.24, 2.45) is 5.92 Å². The topological polar surface area (TPSA) is 15.3 Å². The molecule has 1 fully saturated rings. The zero-order valence-corrected chi connectivity index (χ0v) is 11.5. The van der Waals surface area contributed by atoms with Crippen molar-refractivity contribution in [2.75, 3.05) is 33.2 Å². The number of nitrogens with zero attached hydrogens (tertiary/aromatic N) is 1. The summed E-state index contributed by atoms with van der Waals surface area (Å²) < 4.78 is 25.9. The Morgan fingerprint density at radius 3 is 2.84 bits per heavy atom. The van der Waals surface area contributed by atoms with E-state index in [0.29, 0.717) is 5.92 Å². The van der Waals surface area contributed by atoms with Gasteiger partial charge in [0, 0.05) is 13.1 Å². The van der Waals surface area contributed by atoms with Crippen LogP contribution in [0.3, 0.4) is 0 Å². The maximum Gasteiger partial charge on any atom is 0.159 e. The minimum Gasteiger partial charge on any atom is -0.316 e. The molecule has 1 saturated heterocycles. The number of nitrogens with one attached hydrogen (secondary N) is 1. The molecule has 1 N–H and O–H groups in total. The molecule has 1 aliphatic rings. The van der Waals surface area contributed by atoms with Gasteiger partial charge in [0.05, 0.1) is 0 Å². The Morgan fingerprint density at radius 2 is 2.16 bits per heavy atom. The van der Waals surface area contributed by atoms with Gasteiger partial charge in [0.15, 0.2) is 11.6 Å². The molecular formula is C15H22F2N2. The van der Waals surface area contributed by atoms with Crippen LogP contribution >= 0.6 is 0 Å². The highest BCUT2D eigenvalue weighted by Gasteiger charge is 2.14. The second kappa shape index (κ2) is 6.96. The van der Waals surface area contributed by atoms with E-state index in [1.807, 2.05) is 0 Å². The van der Waals surface area contributed by atoms with Crippen LogP contribution in [0.15, 0.2) is 18.2 Å². The van der Waals surface area contributed by atoms with Gasteiger partial charge in [-0.2, -0.15) is 0 Å². The summed E-state index contributed by atoms with van der Waals surface area (Å²) in [5, 5.41) is 3.41. The van der Waals surface area contributed by atoms with E-state index in [0.717, 1.165) is 38.2 Å². The maximum atomic E-state index is 13.1. The third kappa shape index (κ3) is 4.55. The quantitative estimate of drug-likeness (QED) is 0.882. The van der Waals surface area contributed by atoms with Crippen molar-refractivity contribution >= 4 is 0 Å². The number of hydrogen-bond acceptors (Lipinski definition) is 2. The normalized spacial score (nSPS) is 19.9. The Hall–Kier alpha value is -1.00. The van der Waals surface area contributed by atoms with Crippen LogP contribution in [-0.4, -0.2) is 38.1 Å². The smallest absolute Gasteiger partial charge is 0.159 e. The molecule has 2 nitrogen and oxygen atoms in total. The fraction of sp³-hybridized carbons (Fsp3) is 0.600. The van der Waals surface area contributed by atoms with Crippen molar-refractivity contribution in [1.29, 1.82) is 0 Å². The predicted octanol–water partition coefficient (Wildman–Crippen LogP) is 2.44. The molecule has 0 spiro atoms. The number of likely N-dealkylation sites (N-methyl/N-ethyl adjacent to an activating group) is 1. The van der Waals surface area contributed by atoms with Crippen LogP contribution in [0.2, 0.25) is 0 Å². The number of benzene rings is 1. The summed E-state index contributed by atoms with van der Waals surface area (Å²) in [6.07, 6.45) is 3.29. The summed E-state index contributed by atoms with van der Waals surface area (Å²) in [7, 11) is 2.09. The Labute approximate surface area is 113 Å². The van der Waals surface area contributed by atoms with Crippen LogP contribution in [0.25, 0.3) is 0 Å². The molecule has 0 amide bonds.